The van der Waals surface area contributed by atoms with E-state index in [-0.39, 0.29) is 18.3 Å². The van der Waals surface area contributed by atoms with Crippen LogP contribution in [0.4, 0.5) is 0 Å². The number of methoxy groups -OCH3 is 1. The normalized spacial score (nSPS) is 30.7. The summed E-state index contributed by atoms with van der Waals surface area (Å²) in [6, 6.07) is 0. The molecule has 2 aliphatic heterocycles. The predicted octanol–water partition coefficient (Wildman–Crippen LogP) is 1.34. The van der Waals surface area contributed by atoms with Crippen molar-refractivity contribution in [3.8, 4) is 0 Å². The van der Waals surface area contributed by atoms with Crippen LogP contribution >= 0.6 is 0 Å². The number of hydrogen-bond donors (Lipinski definition) is 0. The Morgan fingerprint density at radius 1 is 0.870 bits per heavy atom. The third-order valence-corrected chi connectivity index (χ3v) is 3.68. The van der Waals surface area contributed by atoms with E-state index in [4.69, 9.17) is 33.2 Å². The van der Waals surface area contributed by atoms with Crippen molar-refractivity contribution in [3.05, 3.63) is 0 Å². The fourth-order valence-electron chi connectivity index (χ4n) is 2.54. The molecule has 0 bridgehead atoms. The Kier molecular flexibility index (Phi) is 6.79. The monoisotopic (exact) mass is 334 g/mol. The molecular weight excluding hydrogens is 304 g/mol. The molecule has 2 atom stereocenters. The third-order valence-electron chi connectivity index (χ3n) is 3.68. The Labute approximate surface area is 138 Å². The van der Waals surface area contributed by atoms with E-state index < -0.39 is 11.6 Å². The average molecular weight is 334 g/mol. The summed E-state index contributed by atoms with van der Waals surface area (Å²) in [6.07, 6.45) is -0.190. The maximum absolute atomic E-state index is 5.68. The topological polar surface area (TPSA) is 64.6 Å². The van der Waals surface area contributed by atoms with Gasteiger partial charge in [-0.25, -0.2) is 0 Å². The number of hydrogen-bond acceptors (Lipinski definition) is 7. The molecule has 0 saturated carbocycles. The molecule has 0 aliphatic carbocycles. The van der Waals surface area contributed by atoms with Gasteiger partial charge in [0.05, 0.1) is 39.6 Å². The number of ether oxygens (including phenoxy) is 7. The van der Waals surface area contributed by atoms with Crippen LogP contribution in [0.25, 0.3) is 0 Å². The summed E-state index contributed by atoms with van der Waals surface area (Å²) in [5.41, 5.74) is 0. The SMILES string of the molecule is COC(COCC1COC(C)(C)O1)COCC1COC(C)(C)O1. The van der Waals surface area contributed by atoms with E-state index in [9.17, 15) is 0 Å². The molecule has 2 aliphatic rings. The molecule has 23 heavy (non-hydrogen) atoms. The molecule has 136 valence electrons. The Bertz CT molecular complexity index is 326. The van der Waals surface area contributed by atoms with Gasteiger partial charge in [-0.1, -0.05) is 0 Å². The van der Waals surface area contributed by atoms with Gasteiger partial charge in [0.15, 0.2) is 11.6 Å². The smallest absolute Gasteiger partial charge is 0.163 e. The van der Waals surface area contributed by atoms with Gasteiger partial charge in [-0.2, -0.15) is 0 Å². The maximum atomic E-state index is 5.68. The van der Waals surface area contributed by atoms with E-state index in [2.05, 4.69) is 0 Å². The van der Waals surface area contributed by atoms with Crippen molar-refractivity contribution in [1.29, 1.82) is 0 Å². The molecule has 0 spiro atoms. The zero-order valence-corrected chi connectivity index (χ0v) is 14.8. The van der Waals surface area contributed by atoms with Crippen LogP contribution in [-0.2, 0) is 33.2 Å². The van der Waals surface area contributed by atoms with Crippen molar-refractivity contribution in [2.24, 2.45) is 0 Å². The van der Waals surface area contributed by atoms with Gasteiger partial charge in [-0.15, -0.1) is 0 Å². The Hall–Kier alpha value is -0.280. The van der Waals surface area contributed by atoms with E-state index in [0.29, 0.717) is 39.6 Å². The van der Waals surface area contributed by atoms with Crippen molar-refractivity contribution >= 4 is 0 Å². The van der Waals surface area contributed by atoms with Crippen LogP contribution in [0.3, 0.4) is 0 Å². The van der Waals surface area contributed by atoms with E-state index in [1.54, 1.807) is 7.11 Å². The summed E-state index contributed by atoms with van der Waals surface area (Å²) in [4.78, 5) is 0. The Balaban J connectivity index is 1.55. The van der Waals surface area contributed by atoms with Crippen LogP contribution in [0.2, 0.25) is 0 Å². The fraction of sp³-hybridized carbons (Fsp3) is 1.00. The molecular formula is C16H30O7. The molecule has 7 nitrogen and oxygen atoms in total. The van der Waals surface area contributed by atoms with Crippen molar-refractivity contribution in [2.45, 2.75) is 57.6 Å². The Morgan fingerprint density at radius 2 is 1.30 bits per heavy atom. The molecule has 0 N–H and O–H groups in total. The second-order valence-electron chi connectivity index (χ2n) is 6.83. The van der Waals surface area contributed by atoms with E-state index in [1.807, 2.05) is 27.7 Å². The minimum atomic E-state index is -0.519. The number of rotatable bonds is 9. The first-order valence-electron chi connectivity index (χ1n) is 8.11. The molecule has 2 rings (SSSR count). The van der Waals surface area contributed by atoms with Crippen LogP contribution in [-0.4, -0.2) is 76.6 Å². The summed E-state index contributed by atoms with van der Waals surface area (Å²) in [6.45, 7) is 10.6. The van der Waals surface area contributed by atoms with Crippen LogP contribution in [0.5, 0.6) is 0 Å². The molecule has 2 saturated heterocycles. The summed E-state index contributed by atoms with van der Waals surface area (Å²) < 4.78 is 39.0. The van der Waals surface area contributed by atoms with Crippen LogP contribution in [0, 0.1) is 0 Å². The van der Waals surface area contributed by atoms with Crippen LogP contribution in [0.1, 0.15) is 27.7 Å². The minimum Gasteiger partial charge on any atom is -0.377 e. The van der Waals surface area contributed by atoms with E-state index in [0.717, 1.165) is 0 Å². The molecule has 0 aromatic carbocycles. The highest BCUT2D eigenvalue weighted by molar-refractivity contribution is 4.72. The lowest BCUT2D eigenvalue weighted by molar-refractivity contribution is -0.150. The van der Waals surface area contributed by atoms with Crippen LogP contribution in [0.15, 0.2) is 0 Å². The van der Waals surface area contributed by atoms with Crippen molar-refractivity contribution in [2.75, 3.05) is 46.8 Å². The maximum Gasteiger partial charge on any atom is 0.163 e. The zero-order valence-electron chi connectivity index (χ0n) is 14.8. The van der Waals surface area contributed by atoms with Gasteiger partial charge in [0, 0.05) is 7.11 Å². The highest BCUT2D eigenvalue weighted by Gasteiger charge is 2.33. The molecule has 0 aromatic rings. The van der Waals surface area contributed by atoms with Crippen LogP contribution < -0.4 is 0 Å². The first-order chi connectivity index (χ1) is 10.8. The highest BCUT2D eigenvalue weighted by Crippen LogP contribution is 2.23. The first kappa shape index (κ1) is 19.1. The van der Waals surface area contributed by atoms with Gasteiger partial charge in [0.25, 0.3) is 0 Å². The van der Waals surface area contributed by atoms with Crippen molar-refractivity contribution in [3.63, 3.8) is 0 Å². The van der Waals surface area contributed by atoms with E-state index in [1.165, 1.54) is 0 Å². The third kappa shape index (κ3) is 6.62. The van der Waals surface area contributed by atoms with Gasteiger partial charge in [0.1, 0.15) is 18.3 Å². The van der Waals surface area contributed by atoms with E-state index >= 15 is 0 Å². The van der Waals surface area contributed by atoms with Crippen molar-refractivity contribution in [1.82, 2.24) is 0 Å². The quantitative estimate of drug-likeness (QED) is 0.630. The van der Waals surface area contributed by atoms with Gasteiger partial charge >= 0.3 is 0 Å². The van der Waals surface area contributed by atoms with Gasteiger partial charge in [-0.05, 0) is 27.7 Å². The van der Waals surface area contributed by atoms with Gasteiger partial charge < -0.3 is 33.2 Å². The average Bonchev–Trinajstić information content (AvgIpc) is 2.99. The molecule has 2 unspecified atom stereocenters. The van der Waals surface area contributed by atoms with Crippen molar-refractivity contribution < 1.29 is 33.2 Å². The molecule has 0 aromatic heterocycles. The lowest BCUT2D eigenvalue weighted by atomic mass is 10.3. The summed E-state index contributed by atoms with van der Waals surface area (Å²) in [7, 11) is 1.65. The second-order valence-corrected chi connectivity index (χ2v) is 6.83. The standard InChI is InChI=1S/C16H30O7/c1-15(2)20-10-13(22-15)8-18-6-12(17-5)7-19-9-14-11-21-16(3,4)23-14/h12-14H,6-11H2,1-5H3. The minimum absolute atomic E-state index is 0.0327. The molecule has 7 heteroatoms. The van der Waals surface area contributed by atoms with Gasteiger partial charge in [0.2, 0.25) is 0 Å². The zero-order chi connectivity index (χ0) is 16.9. The predicted molar refractivity (Wildman–Crippen MR) is 82.2 cm³/mol. The second kappa shape index (κ2) is 8.20. The summed E-state index contributed by atoms with van der Waals surface area (Å²) in [5.74, 6) is -1.04. The molecule has 2 fully saturated rings. The Morgan fingerprint density at radius 3 is 1.61 bits per heavy atom. The first-order valence-corrected chi connectivity index (χ1v) is 8.11. The summed E-state index contributed by atoms with van der Waals surface area (Å²) in [5, 5.41) is 0. The molecule has 2 heterocycles. The fourth-order valence-corrected chi connectivity index (χ4v) is 2.54. The summed E-state index contributed by atoms with van der Waals surface area (Å²) >= 11 is 0. The lowest BCUT2D eigenvalue weighted by Gasteiger charge is -2.20. The van der Waals surface area contributed by atoms with Gasteiger partial charge in [-0.3, -0.25) is 0 Å². The molecule has 0 amide bonds. The molecule has 0 radical (unpaired) electrons. The highest BCUT2D eigenvalue weighted by atomic mass is 16.8. The largest absolute Gasteiger partial charge is 0.377 e. The lowest BCUT2D eigenvalue weighted by Crippen LogP contribution is -2.30.